The first kappa shape index (κ1) is 36.8. The van der Waals surface area contributed by atoms with Crippen LogP contribution in [0.25, 0.3) is 0 Å². The molecular weight excluding hydrogens is 609 g/mol. The number of pyridine rings is 1. The molecule has 2 aromatic rings. The largest absolute Gasteiger partial charge is 0.469 e. The van der Waals surface area contributed by atoms with Gasteiger partial charge in [0, 0.05) is 29.2 Å². The highest BCUT2D eigenvalue weighted by molar-refractivity contribution is 6.34. The molecule has 0 aliphatic rings. The average molecular weight is 653 g/mol. The fraction of sp³-hybridized carbons (Fsp3) is 0.516. The molecular formula is C31H43Cl2N5O6. The standard InChI is InChI=1S/C31H43Cl2N5O6/c1-31(2,3)44-30(42)38(26-12-6-9-15-35-26)16-10-7-13-27(39)36-24(11-5-8-14-34)29(41)37-25(20-28(40)43-4)21-17-22(32)19-23(33)18-21/h6,9,12,15,17-19,24-25H,5,7-8,10-11,13-14,16,20,34H2,1-4H3,(H,36,39)(H,37,41). The molecule has 1 heterocycles. The normalized spacial score (nSPS) is 12.5. The van der Waals surface area contributed by atoms with Crippen molar-refractivity contribution in [2.45, 2.75) is 83.4 Å². The Kier molecular flexibility index (Phi) is 15.4. The van der Waals surface area contributed by atoms with Crippen LogP contribution in [0, 0.1) is 0 Å². The van der Waals surface area contributed by atoms with E-state index in [2.05, 4.69) is 15.6 Å². The Labute approximate surface area is 269 Å². The third kappa shape index (κ3) is 13.5. The van der Waals surface area contributed by atoms with Crippen LogP contribution in [0.5, 0.6) is 0 Å². The Morgan fingerprint density at radius 1 is 1.00 bits per heavy atom. The molecule has 1 aromatic carbocycles. The number of amides is 3. The predicted octanol–water partition coefficient (Wildman–Crippen LogP) is 5.33. The number of rotatable bonds is 16. The van der Waals surface area contributed by atoms with Crippen molar-refractivity contribution in [3.63, 3.8) is 0 Å². The molecule has 0 aliphatic heterocycles. The van der Waals surface area contributed by atoms with Gasteiger partial charge in [0.1, 0.15) is 17.5 Å². The predicted molar refractivity (Wildman–Crippen MR) is 170 cm³/mol. The second kappa shape index (κ2) is 18.4. The molecule has 3 amide bonds. The van der Waals surface area contributed by atoms with E-state index in [4.69, 9.17) is 38.4 Å². The van der Waals surface area contributed by atoms with E-state index in [9.17, 15) is 19.2 Å². The topological polar surface area (TPSA) is 153 Å². The first-order valence-corrected chi connectivity index (χ1v) is 15.3. The number of benzene rings is 1. The molecule has 2 atom stereocenters. The number of carbonyl (C=O) groups excluding carboxylic acids is 4. The molecule has 0 bridgehead atoms. The Morgan fingerprint density at radius 2 is 1.70 bits per heavy atom. The minimum atomic E-state index is -0.865. The van der Waals surface area contributed by atoms with Gasteiger partial charge >= 0.3 is 12.1 Å². The molecule has 13 heteroatoms. The van der Waals surface area contributed by atoms with Crippen LogP contribution >= 0.6 is 23.2 Å². The van der Waals surface area contributed by atoms with Crippen molar-refractivity contribution in [3.8, 4) is 0 Å². The number of carbonyl (C=O) groups is 4. The van der Waals surface area contributed by atoms with Crippen LogP contribution in [0.15, 0.2) is 42.6 Å². The molecule has 0 saturated heterocycles. The first-order chi connectivity index (χ1) is 20.8. The van der Waals surface area contributed by atoms with E-state index in [1.54, 1.807) is 63.4 Å². The number of hydrogen-bond acceptors (Lipinski definition) is 8. The lowest BCUT2D eigenvalue weighted by atomic mass is 10.0. The maximum Gasteiger partial charge on any atom is 0.416 e. The van der Waals surface area contributed by atoms with Crippen LogP contribution in [0.2, 0.25) is 10.0 Å². The number of nitrogens with two attached hydrogens (primary N) is 1. The first-order valence-electron chi connectivity index (χ1n) is 14.6. The minimum Gasteiger partial charge on any atom is -0.469 e. The summed E-state index contributed by atoms with van der Waals surface area (Å²) in [7, 11) is 1.26. The summed E-state index contributed by atoms with van der Waals surface area (Å²) in [5.74, 6) is -0.881. The van der Waals surface area contributed by atoms with Crippen molar-refractivity contribution in [2.75, 3.05) is 25.1 Å². The highest BCUT2D eigenvalue weighted by atomic mass is 35.5. The fourth-order valence-corrected chi connectivity index (χ4v) is 4.81. The smallest absolute Gasteiger partial charge is 0.416 e. The maximum absolute atomic E-state index is 13.4. The second-order valence-corrected chi connectivity index (χ2v) is 12.1. The van der Waals surface area contributed by atoms with E-state index in [-0.39, 0.29) is 25.3 Å². The van der Waals surface area contributed by atoms with E-state index >= 15 is 0 Å². The number of anilines is 1. The van der Waals surface area contributed by atoms with Crippen molar-refractivity contribution in [2.24, 2.45) is 5.73 Å². The summed E-state index contributed by atoms with van der Waals surface area (Å²) in [4.78, 5) is 57.1. The number of nitrogens with zero attached hydrogens (tertiary/aromatic N) is 2. The van der Waals surface area contributed by atoms with Crippen molar-refractivity contribution in [1.29, 1.82) is 0 Å². The highest BCUT2D eigenvalue weighted by Crippen LogP contribution is 2.26. The molecule has 4 N–H and O–H groups in total. The third-order valence-corrected chi connectivity index (χ3v) is 6.81. The number of unbranched alkanes of at least 4 members (excludes halogenated alkanes) is 2. The van der Waals surface area contributed by atoms with Crippen LogP contribution in [0.1, 0.15) is 77.3 Å². The number of aromatic nitrogens is 1. The van der Waals surface area contributed by atoms with Crippen LogP contribution in [0.3, 0.4) is 0 Å². The van der Waals surface area contributed by atoms with Gasteiger partial charge in [-0.25, -0.2) is 9.78 Å². The van der Waals surface area contributed by atoms with Gasteiger partial charge in [-0.15, -0.1) is 0 Å². The quantitative estimate of drug-likeness (QED) is 0.162. The Balaban J connectivity index is 2.06. The SMILES string of the molecule is COC(=O)CC(NC(=O)C(CCCCN)NC(=O)CCCCN(C(=O)OC(C)(C)C)c1ccccn1)c1cc(Cl)cc(Cl)c1. The van der Waals surface area contributed by atoms with E-state index in [0.717, 1.165) is 0 Å². The zero-order valence-corrected chi connectivity index (χ0v) is 27.2. The molecule has 1 aromatic heterocycles. The zero-order chi connectivity index (χ0) is 32.7. The van der Waals surface area contributed by atoms with Gasteiger partial charge in [-0.05, 0) is 95.3 Å². The molecule has 0 spiro atoms. The number of esters is 1. The van der Waals surface area contributed by atoms with Crippen molar-refractivity contribution in [1.82, 2.24) is 15.6 Å². The maximum atomic E-state index is 13.4. The van der Waals surface area contributed by atoms with Crippen LogP contribution in [-0.2, 0) is 23.9 Å². The molecule has 242 valence electrons. The third-order valence-electron chi connectivity index (χ3n) is 6.38. The molecule has 0 fully saturated rings. The summed E-state index contributed by atoms with van der Waals surface area (Å²) >= 11 is 12.3. The van der Waals surface area contributed by atoms with Gasteiger partial charge in [-0.2, -0.15) is 0 Å². The lowest BCUT2D eigenvalue weighted by molar-refractivity contribution is -0.141. The highest BCUT2D eigenvalue weighted by Gasteiger charge is 2.27. The number of hydrogen-bond donors (Lipinski definition) is 3. The second-order valence-electron chi connectivity index (χ2n) is 11.2. The summed E-state index contributed by atoms with van der Waals surface area (Å²) in [6.07, 6.45) is 3.59. The van der Waals surface area contributed by atoms with Crippen LogP contribution < -0.4 is 21.3 Å². The van der Waals surface area contributed by atoms with E-state index < -0.39 is 35.7 Å². The van der Waals surface area contributed by atoms with Crippen molar-refractivity contribution in [3.05, 3.63) is 58.2 Å². The lowest BCUT2D eigenvalue weighted by Gasteiger charge is -2.26. The lowest BCUT2D eigenvalue weighted by Crippen LogP contribution is -2.48. The zero-order valence-electron chi connectivity index (χ0n) is 25.7. The van der Waals surface area contributed by atoms with E-state index in [0.29, 0.717) is 60.1 Å². The van der Waals surface area contributed by atoms with Gasteiger partial charge < -0.3 is 25.8 Å². The molecule has 44 heavy (non-hydrogen) atoms. The van der Waals surface area contributed by atoms with E-state index in [1.807, 2.05) is 0 Å². The van der Waals surface area contributed by atoms with Gasteiger partial charge in [-0.3, -0.25) is 19.3 Å². The summed E-state index contributed by atoms with van der Waals surface area (Å²) in [6, 6.07) is 8.35. The number of methoxy groups -OCH3 is 1. The number of halogens is 2. The Hall–Kier alpha value is -3.41. The monoisotopic (exact) mass is 651 g/mol. The van der Waals surface area contributed by atoms with Crippen LogP contribution in [0.4, 0.5) is 10.6 Å². The van der Waals surface area contributed by atoms with Gasteiger partial charge in [-0.1, -0.05) is 29.3 Å². The summed E-state index contributed by atoms with van der Waals surface area (Å²) in [5.41, 5.74) is 5.49. The van der Waals surface area contributed by atoms with Gasteiger partial charge in [0.15, 0.2) is 0 Å². The Bertz CT molecular complexity index is 1220. The molecule has 2 rings (SSSR count). The van der Waals surface area contributed by atoms with Gasteiger partial charge in [0.25, 0.3) is 0 Å². The summed E-state index contributed by atoms with van der Waals surface area (Å²) in [6.45, 7) is 6.09. The van der Waals surface area contributed by atoms with Crippen molar-refractivity contribution < 1.29 is 28.7 Å². The molecule has 2 unspecified atom stereocenters. The molecule has 11 nitrogen and oxygen atoms in total. The van der Waals surface area contributed by atoms with Gasteiger partial charge in [0.05, 0.1) is 19.6 Å². The Morgan fingerprint density at radius 3 is 2.30 bits per heavy atom. The van der Waals surface area contributed by atoms with Crippen LogP contribution in [-0.4, -0.2) is 60.7 Å². The van der Waals surface area contributed by atoms with Gasteiger partial charge in [0.2, 0.25) is 11.8 Å². The summed E-state index contributed by atoms with van der Waals surface area (Å²) < 4.78 is 10.3. The fourth-order valence-electron chi connectivity index (χ4n) is 4.26. The molecule has 0 radical (unpaired) electrons. The molecule has 0 saturated carbocycles. The molecule has 0 aliphatic carbocycles. The van der Waals surface area contributed by atoms with Crippen molar-refractivity contribution >= 4 is 52.9 Å². The summed E-state index contributed by atoms with van der Waals surface area (Å²) in [5, 5.41) is 6.36. The van der Waals surface area contributed by atoms with E-state index in [1.165, 1.54) is 12.0 Å². The average Bonchev–Trinajstić information content (AvgIpc) is 2.95. The minimum absolute atomic E-state index is 0.126. The number of ether oxygens (including phenoxy) is 2. The number of nitrogens with one attached hydrogen (secondary N) is 2.